The van der Waals surface area contributed by atoms with Gasteiger partial charge < -0.3 is 0 Å². The van der Waals surface area contributed by atoms with Crippen molar-refractivity contribution in [2.75, 3.05) is 7.05 Å². The summed E-state index contributed by atoms with van der Waals surface area (Å²) in [7, 11) is 1.76. The van der Waals surface area contributed by atoms with E-state index < -0.39 is 0 Å². The number of ketones is 1. The summed E-state index contributed by atoms with van der Waals surface area (Å²) in [6, 6.07) is 6.48. The quantitative estimate of drug-likeness (QED) is 0.576. The van der Waals surface area contributed by atoms with Crippen molar-refractivity contribution < 1.29 is 4.79 Å². The fourth-order valence-electron chi connectivity index (χ4n) is 1.87. The second-order valence-electron chi connectivity index (χ2n) is 4.25. The number of carbonyl (C=O) groups is 1. The molecule has 2 heteroatoms. The average Bonchev–Trinajstić information content (AvgIpc) is 2.38. The van der Waals surface area contributed by atoms with Crippen LogP contribution in [0.25, 0.3) is 0 Å². The smallest absolute Gasteiger partial charge is 0.152 e. The van der Waals surface area contributed by atoms with Crippen molar-refractivity contribution in [2.24, 2.45) is 4.99 Å². The molecule has 0 heterocycles. The van der Waals surface area contributed by atoms with Gasteiger partial charge in [0, 0.05) is 12.6 Å². The predicted octanol–water partition coefficient (Wildman–Crippen LogP) is 3.38. The van der Waals surface area contributed by atoms with Crippen LogP contribution in [-0.4, -0.2) is 18.5 Å². The number of aliphatic imine (C=N–C) groups is 1. The third kappa shape index (κ3) is 3.66. The van der Waals surface area contributed by atoms with E-state index in [1.165, 1.54) is 11.1 Å². The van der Waals surface area contributed by atoms with Gasteiger partial charge in [-0.15, -0.1) is 0 Å². The molecule has 2 nitrogen and oxygen atoms in total. The molecular weight excluding hydrogens is 222 g/mol. The van der Waals surface area contributed by atoms with E-state index in [0.717, 1.165) is 24.1 Å². The summed E-state index contributed by atoms with van der Waals surface area (Å²) in [6.07, 6.45) is 5.34. The fourth-order valence-corrected chi connectivity index (χ4v) is 1.87. The third-order valence-corrected chi connectivity index (χ3v) is 2.96. The first-order chi connectivity index (χ1) is 8.62. The number of hydrogen-bond acceptors (Lipinski definition) is 2. The molecule has 18 heavy (non-hydrogen) atoms. The van der Waals surface area contributed by atoms with Crippen molar-refractivity contribution in [1.82, 2.24) is 0 Å². The van der Waals surface area contributed by atoms with Gasteiger partial charge in [-0.2, -0.15) is 0 Å². The van der Waals surface area contributed by atoms with Crippen LogP contribution in [0.2, 0.25) is 0 Å². The van der Waals surface area contributed by atoms with Crippen LogP contribution in [0.5, 0.6) is 0 Å². The van der Waals surface area contributed by atoms with Crippen LogP contribution in [-0.2, 0) is 17.6 Å². The highest BCUT2D eigenvalue weighted by Gasteiger charge is 2.06. The summed E-state index contributed by atoms with van der Waals surface area (Å²) in [5.74, 6) is 0.0424. The van der Waals surface area contributed by atoms with Crippen molar-refractivity contribution >= 4 is 11.5 Å². The van der Waals surface area contributed by atoms with Gasteiger partial charge in [0.05, 0.1) is 5.71 Å². The molecule has 0 aliphatic rings. The molecule has 0 bridgehead atoms. The zero-order chi connectivity index (χ0) is 13.5. The first kappa shape index (κ1) is 14.4. The van der Waals surface area contributed by atoms with Crippen molar-refractivity contribution in [2.45, 2.75) is 33.6 Å². The number of nitrogens with zero attached hydrogens (tertiary/aromatic N) is 1. The second kappa shape index (κ2) is 6.90. The molecule has 1 rings (SSSR count). The van der Waals surface area contributed by atoms with Gasteiger partial charge >= 0.3 is 0 Å². The molecule has 0 N–H and O–H groups in total. The van der Waals surface area contributed by atoms with E-state index in [2.05, 4.69) is 37.0 Å². The van der Waals surface area contributed by atoms with Crippen molar-refractivity contribution in [1.29, 1.82) is 0 Å². The molecule has 0 saturated carbocycles. The van der Waals surface area contributed by atoms with E-state index in [-0.39, 0.29) is 5.78 Å². The largest absolute Gasteiger partial charge is 0.295 e. The number of aryl methyl sites for hydroxylation is 2. The fraction of sp³-hybridized carbons (Fsp3) is 0.375. The van der Waals surface area contributed by atoms with Gasteiger partial charge in [-0.1, -0.05) is 26.0 Å². The lowest BCUT2D eigenvalue weighted by Gasteiger charge is -2.10. The number of allylic oxidation sites excluding steroid dienone is 2. The van der Waals surface area contributed by atoms with Crippen molar-refractivity contribution in [3.8, 4) is 0 Å². The minimum absolute atomic E-state index is 0.0424. The van der Waals surface area contributed by atoms with Crippen LogP contribution in [0.15, 0.2) is 35.3 Å². The van der Waals surface area contributed by atoms with Gasteiger partial charge in [-0.3, -0.25) is 9.79 Å². The average molecular weight is 243 g/mol. The monoisotopic (exact) mass is 243 g/mol. The van der Waals surface area contributed by atoms with E-state index in [9.17, 15) is 4.79 Å². The summed E-state index contributed by atoms with van der Waals surface area (Å²) in [5, 5.41) is 0. The van der Waals surface area contributed by atoms with Crippen LogP contribution in [0.3, 0.4) is 0 Å². The topological polar surface area (TPSA) is 29.4 Å². The molecule has 0 fully saturated rings. The maximum absolute atomic E-state index is 11.0. The Morgan fingerprint density at radius 1 is 1.22 bits per heavy atom. The molecule has 1 aromatic carbocycles. The first-order valence-electron chi connectivity index (χ1n) is 6.39. The highest BCUT2D eigenvalue weighted by atomic mass is 16.1. The zero-order valence-corrected chi connectivity index (χ0v) is 11.7. The van der Waals surface area contributed by atoms with Crippen LogP contribution in [0.1, 0.15) is 37.5 Å². The minimum atomic E-state index is 0.0424. The predicted molar refractivity (Wildman–Crippen MR) is 77.5 cm³/mol. The number of carbonyl (C=O) groups excluding carboxylic acids is 1. The Hall–Kier alpha value is -1.70. The molecule has 96 valence electrons. The molecule has 0 atom stereocenters. The van der Waals surface area contributed by atoms with Crippen molar-refractivity contribution in [3.63, 3.8) is 0 Å². The Morgan fingerprint density at radius 2 is 1.94 bits per heavy atom. The standard InChI is InChI=1S/C16H21NO/c1-5-13-8-9-14(6-2)15(11-13)16(17-4)10-7-12(3)18/h7-11H,5-6H2,1-4H3/b10-7-,17-16?. The van der Waals surface area contributed by atoms with Gasteiger partial charge in [-0.05, 0) is 49.1 Å². The Morgan fingerprint density at radius 3 is 2.44 bits per heavy atom. The molecular formula is C16H21NO. The lowest BCUT2D eigenvalue weighted by Crippen LogP contribution is -2.04. The maximum Gasteiger partial charge on any atom is 0.152 e. The van der Waals surface area contributed by atoms with E-state index in [1.807, 2.05) is 0 Å². The molecule has 0 aliphatic heterocycles. The van der Waals surface area contributed by atoms with E-state index >= 15 is 0 Å². The van der Waals surface area contributed by atoms with Crippen LogP contribution < -0.4 is 0 Å². The Balaban J connectivity index is 3.23. The summed E-state index contributed by atoms with van der Waals surface area (Å²) in [4.78, 5) is 15.3. The van der Waals surface area contributed by atoms with Gasteiger partial charge in [0.2, 0.25) is 0 Å². The van der Waals surface area contributed by atoms with E-state index in [0.29, 0.717) is 0 Å². The highest BCUT2D eigenvalue weighted by Crippen LogP contribution is 2.15. The zero-order valence-electron chi connectivity index (χ0n) is 11.7. The van der Waals surface area contributed by atoms with Gasteiger partial charge in [0.25, 0.3) is 0 Å². The Bertz CT molecular complexity index is 484. The maximum atomic E-state index is 11.0. The Kier molecular flexibility index (Phi) is 5.50. The lowest BCUT2D eigenvalue weighted by atomic mass is 9.97. The number of rotatable bonds is 5. The summed E-state index contributed by atoms with van der Waals surface area (Å²) in [6.45, 7) is 5.82. The molecule has 0 radical (unpaired) electrons. The molecule has 0 amide bonds. The minimum Gasteiger partial charge on any atom is -0.295 e. The van der Waals surface area contributed by atoms with Crippen LogP contribution >= 0.6 is 0 Å². The summed E-state index contributed by atoms with van der Waals surface area (Å²) >= 11 is 0. The number of benzene rings is 1. The summed E-state index contributed by atoms with van der Waals surface area (Å²) in [5.41, 5.74) is 4.56. The molecule has 0 saturated heterocycles. The van der Waals surface area contributed by atoms with Gasteiger partial charge in [-0.25, -0.2) is 0 Å². The number of hydrogen-bond donors (Lipinski definition) is 0. The Labute approximate surface area is 109 Å². The van der Waals surface area contributed by atoms with Crippen LogP contribution in [0.4, 0.5) is 0 Å². The molecule has 0 aliphatic carbocycles. The SMILES string of the molecule is CCc1ccc(CC)c(C(/C=C\C(C)=O)=NC)c1. The normalized spacial score (nSPS) is 12.1. The van der Waals surface area contributed by atoms with Crippen LogP contribution in [0, 0.1) is 0 Å². The van der Waals surface area contributed by atoms with Gasteiger partial charge in [0.1, 0.15) is 0 Å². The lowest BCUT2D eigenvalue weighted by molar-refractivity contribution is -0.112. The molecule has 1 aromatic rings. The highest BCUT2D eigenvalue weighted by molar-refractivity contribution is 6.12. The second-order valence-corrected chi connectivity index (χ2v) is 4.25. The molecule has 0 spiro atoms. The van der Waals surface area contributed by atoms with Gasteiger partial charge in [0.15, 0.2) is 5.78 Å². The summed E-state index contributed by atoms with van der Waals surface area (Å²) < 4.78 is 0. The first-order valence-corrected chi connectivity index (χ1v) is 6.39. The van der Waals surface area contributed by atoms with Crippen molar-refractivity contribution in [3.05, 3.63) is 47.0 Å². The van der Waals surface area contributed by atoms with E-state index in [1.54, 1.807) is 26.1 Å². The molecule has 0 aromatic heterocycles. The third-order valence-electron chi connectivity index (χ3n) is 2.96. The van der Waals surface area contributed by atoms with E-state index in [4.69, 9.17) is 0 Å². The molecule has 0 unspecified atom stereocenters.